The van der Waals surface area contributed by atoms with Gasteiger partial charge in [-0.15, -0.1) is 0 Å². The Labute approximate surface area is 114 Å². The van der Waals surface area contributed by atoms with E-state index in [2.05, 4.69) is 13.0 Å². The molecule has 0 aliphatic rings. The zero-order valence-electron chi connectivity index (χ0n) is 11.5. The van der Waals surface area contributed by atoms with Crippen LogP contribution in [0.5, 0.6) is 5.75 Å². The zero-order valence-corrected chi connectivity index (χ0v) is 11.5. The van der Waals surface area contributed by atoms with Crippen LogP contribution in [0.25, 0.3) is 0 Å². The number of hydrogen-bond donors (Lipinski definition) is 1. The van der Waals surface area contributed by atoms with Crippen LogP contribution in [0.2, 0.25) is 0 Å². The Kier molecular flexibility index (Phi) is 4.58. The van der Waals surface area contributed by atoms with Crippen molar-refractivity contribution in [1.29, 1.82) is 0 Å². The first kappa shape index (κ1) is 13.6. The monoisotopic (exact) mass is 256 g/mol. The topological polar surface area (TPSA) is 29.5 Å². The summed E-state index contributed by atoms with van der Waals surface area (Å²) in [5, 5.41) is 10.6. The number of aliphatic hydroxyl groups excluding tert-OH is 1. The van der Waals surface area contributed by atoms with Crippen LogP contribution in [0.3, 0.4) is 0 Å². The van der Waals surface area contributed by atoms with Gasteiger partial charge in [-0.3, -0.25) is 0 Å². The number of ether oxygens (including phenoxy) is 1. The number of aliphatic hydroxyl groups is 1. The summed E-state index contributed by atoms with van der Waals surface area (Å²) < 4.78 is 5.59. The van der Waals surface area contributed by atoms with Crippen molar-refractivity contribution in [2.24, 2.45) is 0 Å². The Morgan fingerprint density at radius 2 is 1.58 bits per heavy atom. The molecule has 0 amide bonds. The average Bonchev–Trinajstić information content (AvgIpc) is 2.47. The quantitative estimate of drug-likeness (QED) is 0.883. The normalized spacial score (nSPS) is 12.2. The molecule has 0 aromatic heterocycles. The Bertz CT molecular complexity index is 534. The summed E-state index contributed by atoms with van der Waals surface area (Å²) in [6, 6.07) is 15.7. The lowest BCUT2D eigenvalue weighted by Gasteiger charge is -2.18. The SMILES string of the molecule is CCOc1ccccc1C(O)c1ccccc1CC. The fourth-order valence-corrected chi connectivity index (χ4v) is 2.28. The number of para-hydroxylation sites is 1. The molecule has 19 heavy (non-hydrogen) atoms. The van der Waals surface area contributed by atoms with E-state index in [9.17, 15) is 5.11 Å². The third-order valence-electron chi connectivity index (χ3n) is 3.24. The van der Waals surface area contributed by atoms with E-state index in [0.29, 0.717) is 6.61 Å². The van der Waals surface area contributed by atoms with Gasteiger partial charge in [0.05, 0.1) is 6.61 Å². The maximum Gasteiger partial charge on any atom is 0.125 e. The van der Waals surface area contributed by atoms with E-state index < -0.39 is 6.10 Å². The van der Waals surface area contributed by atoms with Gasteiger partial charge < -0.3 is 9.84 Å². The molecule has 0 saturated carbocycles. The van der Waals surface area contributed by atoms with Crippen molar-refractivity contribution in [3.05, 3.63) is 65.2 Å². The van der Waals surface area contributed by atoms with Gasteiger partial charge in [-0.25, -0.2) is 0 Å². The van der Waals surface area contributed by atoms with Crippen LogP contribution in [0.15, 0.2) is 48.5 Å². The van der Waals surface area contributed by atoms with Crippen LogP contribution in [0.4, 0.5) is 0 Å². The van der Waals surface area contributed by atoms with Gasteiger partial charge in [-0.1, -0.05) is 49.4 Å². The third-order valence-corrected chi connectivity index (χ3v) is 3.24. The van der Waals surface area contributed by atoms with Gasteiger partial charge >= 0.3 is 0 Å². The highest BCUT2D eigenvalue weighted by atomic mass is 16.5. The summed E-state index contributed by atoms with van der Waals surface area (Å²) in [6.07, 6.45) is 0.267. The molecular weight excluding hydrogens is 236 g/mol. The van der Waals surface area contributed by atoms with Crippen LogP contribution >= 0.6 is 0 Å². The minimum Gasteiger partial charge on any atom is -0.493 e. The van der Waals surface area contributed by atoms with Gasteiger partial charge in [0.15, 0.2) is 0 Å². The molecule has 2 heteroatoms. The van der Waals surface area contributed by atoms with Crippen molar-refractivity contribution in [3.63, 3.8) is 0 Å². The van der Waals surface area contributed by atoms with Crippen molar-refractivity contribution in [3.8, 4) is 5.75 Å². The van der Waals surface area contributed by atoms with Gasteiger partial charge in [0.1, 0.15) is 11.9 Å². The molecule has 2 rings (SSSR count). The van der Waals surface area contributed by atoms with E-state index in [1.807, 2.05) is 49.4 Å². The van der Waals surface area contributed by atoms with Gasteiger partial charge in [0.2, 0.25) is 0 Å². The van der Waals surface area contributed by atoms with Crippen LogP contribution in [-0.2, 0) is 6.42 Å². The standard InChI is InChI=1S/C17H20O2/c1-3-13-9-5-6-10-14(13)17(18)15-11-7-8-12-16(15)19-4-2/h5-12,17-18H,3-4H2,1-2H3. The van der Waals surface area contributed by atoms with Crippen molar-refractivity contribution in [1.82, 2.24) is 0 Å². The van der Waals surface area contributed by atoms with Crippen molar-refractivity contribution < 1.29 is 9.84 Å². The lowest BCUT2D eigenvalue weighted by atomic mass is 9.95. The first-order valence-electron chi connectivity index (χ1n) is 6.75. The second kappa shape index (κ2) is 6.39. The Morgan fingerprint density at radius 1 is 0.947 bits per heavy atom. The van der Waals surface area contributed by atoms with E-state index in [0.717, 1.165) is 23.3 Å². The average molecular weight is 256 g/mol. The van der Waals surface area contributed by atoms with Crippen LogP contribution in [0.1, 0.15) is 36.6 Å². The molecule has 0 heterocycles. The highest BCUT2D eigenvalue weighted by molar-refractivity contribution is 5.42. The molecule has 0 aliphatic carbocycles. The zero-order chi connectivity index (χ0) is 13.7. The highest BCUT2D eigenvalue weighted by Crippen LogP contribution is 2.31. The van der Waals surface area contributed by atoms with Crippen molar-refractivity contribution in [2.75, 3.05) is 6.61 Å². The molecule has 0 spiro atoms. The number of hydrogen-bond acceptors (Lipinski definition) is 2. The number of benzene rings is 2. The largest absolute Gasteiger partial charge is 0.493 e. The van der Waals surface area contributed by atoms with E-state index in [-0.39, 0.29) is 0 Å². The minimum absolute atomic E-state index is 0.596. The molecule has 1 atom stereocenters. The van der Waals surface area contributed by atoms with Crippen LogP contribution in [-0.4, -0.2) is 11.7 Å². The fourth-order valence-electron chi connectivity index (χ4n) is 2.28. The fraction of sp³-hybridized carbons (Fsp3) is 0.294. The second-order valence-corrected chi connectivity index (χ2v) is 4.43. The van der Waals surface area contributed by atoms with Gasteiger partial charge in [0.25, 0.3) is 0 Å². The van der Waals surface area contributed by atoms with Crippen molar-refractivity contribution >= 4 is 0 Å². The molecule has 0 radical (unpaired) electrons. The van der Waals surface area contributed by atoms with Gasteiger partial charge in [-0.05, 0) is 30.5 Å². The Balaban J connectivity index is 2.41. The first-order chi connectivity index (χ1) is 9.27. The van der Waals surface area contributed by atoms with Crippen LogP contribution in [0, 0.1) is 0 Å². The smallest absolute Gasteiger partial charge is 0.125 e. The molecule has 100 valence electrons. The Hall–Kier alpha value is -1.80. The summed E-state index contributed by atoms with van der Waals surface area (Å²) in [5.74, 6) is 0.753. The summed E-state index contributed by atoms with van der Waals surface area (Å²) in [7, 11) is 0. The maximum absolute atomic E-state index is 10.6. The Morgan fingerprint density at radius 3 is 2.26 bits per heavy atom. The van der Waals surface area contributed by atoms with E-state index >= 15 is 0 Å². The van der Waals surface area contributed by atoms with E-state index in [4.69, 9.17) is 4.74 Å². The lowest BCUT2D eigenvalue weighted by Crippen LogP contribution is -2.06. The number of rotatable bonds is 5. The minimum atomic E-state index is -0.640. The molecule has 1 N–H and O–H groups in total. The van der Waals surface area contributed by atoms with Crippen molar-refractivity contribution in [2.45, 2.75) is 26.4 Å². The molecule has 1 unspecified atom stereocenters. The van der Waals surface area contributed by atoms with Gasteiger partial charge in [-0.2, -0.15) is 0 Å². The summed E-state index contributed by atoms with van der Waals surface area (Å²) in [5.41, 5.74) is 2.95. The summed E-state index contributed by atoms with van der Waals surface area (Å²) in [6.45, 7) is 4.64. The van der Waals surface area contributed by atoms with E-state index in [1.165, 1.54) is 5.56 Å². The first-order valence-corrected chi connectivity index (χ1v) is 6.75. The molecule has 0 saturated heterocycles. The van der Waals surface area contributed by atoms with Crippen LogP contribution < -0.4 is 4.74 Å². The molecular formula is C17H20O2. The third kappa shape index (κ3) is 2.96. The molecule has 0 aliphatic heterocycles. The number of aryl methyl sites for hydroxylation is 1. The molecule has 2 aromatic carbocycles. The molecule has 0 fully saturated rings. The maximum atomic E-state index is 10.6. The molecule has 2 aromatic rings. The highest BCUT2D eigenvalue weighted by Gasteiger charge is 2.17. The molecule has 0 bridgehead atoms. The van der Waals surface area contributed by atoms with Gasteiger partial charge in [0, 0.05) is 5.56 Å². The predicted octanol–water partition coefficient (Wildman–Crippen LogP) is 3.73. The van der Waals surface area contributed by atoms with E-state index in [1.54, 1.807) is 0 Å². The summed E-state index contributed by atoms with van der Waals surface area (Å²) in [4.78, 5) is 0. The summed E-state index contributed by atoms with van der Waals surface area (Å²) >= 11 is 0. The molecule has 2 nitrogen and oxygen atoms in total. The second-order valence-electron chi connectivity index (χ2n) is 4.43. The lowest BCUT2D eigenvalue weighted by molar-refractivity contribution is 0.211. The predicted molar refractivity (Wildman–Crippen MR) is 77.5 cm³/mol.